The Morgan fingerprint density at radius 3 is 3.08 bits per heavy atom. The van der Waals surface area contributed by atoms with Gasteiger partial charge in [0, 0.05) is 25.1 Å². The normalized spacial score (nSPS) is 19.9. The molecule has 2 N–H and O–H groups in total. The lowest BCUT2D eigenvalue weighted by molar-refractivity contribution is 0.310. The third-order valence-electron chi connectivity index (χ3n) is 2.47. The van der Waals surface area contributed by atoms with E-state index in [1.54, 1.807) is 0 Å². The summed E-state index contributed by atoms with van der Waals surface area (Å²) in [6.07, 6.45) is 0.974. The average Bonchev–Trinajstić information content (AvgIpc) is 2.46. The summed E-state index contributed by atoms with van der Waals surface area (Å²) < 4.78 is 5.23. The first-order chi connectivity index (χ1) is 6.18. The van der Waals surface area contributed by atoms with E-state index in [4.69, 9.17) is 10.3 Å². The maximum Gasteiger partial charge on any atom is 0.157 e. The largest absolute Gasteiger partial charge is 0.359 e. The second-order valence-electron chi connectivity index (χ2n) is 3.75. The minimum absolute atomic E-state index is 0.0530. The number of hydrogen-bond acceptors (Lipinski definition) is 4. The number of aromatic nitrogens is 1. The fourth-order valence-electron chi connectivity index (χ4n) is 1.73. The topological polar surface area (TPSA) is 55.3 Å². The molecular weight excluding hydrogens is 166 g/mol. The molecule has 1 aliphatic rings. The van der Waals surface area contributed by atoms with Crippen molar-refractivity contribution in [3.05, 3.63) is 17.0 Å². The molecule has 4 nitrogen and oxygen atoms in total. The second-order valence-corrected chi connectivity index (χ2v) is 3.75. The van der Waals surface area contributed by atoms with Crippen LogP contribution in [0.4, 0.5) is 0 Å². The van der Waals surface area contributed by atoms with Gasteiger partial charge < -0.3 is 15.2 Å². The van der Waals surface area contributed by atoms with Crippen molar-refractivity contribution in [3.8, 4) is 0 Å². The van der Waals surface area contributed by atoms with Gasteiger partial charge in [-0.2, -0.15) is 0 Å². The van der Waals surface area contributed by atoms with Gasteiger partial charge in [0.2, 0.25) is 0 Å². The lowest BCUT2D eigenvalue weighted by Gasteiger charge is -2.21. The van der Waals surface area contributed by atoms with Crippen LogP contribution in [-0.4, -0.2) is 23.6 Å². The van der Waals surface area contributed by atoms with E-state index < -0.39 is 0 Å². The van der Waals surface area contributed by atoms with Crippen molar-refractivity contribution in [3.63, 3.8) is 0 Å². The zero-order chi connectivity index (χ0) is 9.42. The fourth-order valence-corrected chi connectivity index (χ4v) is 1.73. The van der Waals surface area contributed by atoms with Crippen LogP contribution >= 0.6 is 0 Å². The summed E-state index contributed by atoms with van der Waals surface area (Å²) in [4.78, 5) is 2.26. The van der Waals surface area contributed by atoms with Crippen molar-refractivity contribution in [1.82, 2.24) is 10.1 Å². The van der Waals surface area contributed by atoms with Gasteiger partial charge in [0.1, 0.15) is 0 Å². The number of hydrogen-bond donors (Lipinski definition) is 1. The minimum Gasteiger partial charge on any atom is -0.359 e. The summed E-state index contributed by atoms with van der Waals surface area (Å²) in [6, 6.07) is -0.0530. The first kappa shape index (κ1) is 8.72. The molecule has 1 aromatic rings. The van der Waals surface area contributed by atoms with E-state index in [2.05, 4.69) is 17.1 Å². The highest BCUT2D eigenvalue weighted by Crippen LogP contribution is 2.24. The number of nitrogens with two attached hydrogens (primary N) is 1. The molecule has 4 heteroatoms. The second kappa shape index (κ2) is 3.12. The number of likely N-dealkylation sites (N-methyl/N-ethyl adjacent to an activating group) is 1. The third kappa shape index (κ3) is 1.47. The van der Waals surface area contributed by atoms with E-state index >= 15 is 0 Å². The van der Waals surface area contributed by atoms with Crippen molar-refractivity contribution in [2.75, 3.05) is 13.6 Å². The molecule has 1 unspecified atom stereocenters. The van der Waals surface area contributed by atoms with Gasteiger partial charge in [0.25, 0.3) is 0 Å². The van der Waals surface area contributed by atoms with Crippen molar-refractivity contribution in [2.45, 2.75) is 25.9 Å². The van der Waals surface area contributed by atoms with E-state index in [0.29, 0.717) is 0 Å². The van der Waals surface area contributed by atoms with Crippen LogP contribution in [0.2, 0.25) is 0 Å². The van der Waals surface area contributed by atoms with Crippen LogP contribution in [-0.2, 0) is 13.0 Å². The SMILES string of the molecule is CC(N)c1onc2c1CN(C)CC2. The Morgan fingerprint density at radius 2 is 2.38 bits per heavy atom. The molecule has 2 rings (SSSR count). The molecule has 1 aliphatic heterocycles. The Balaban J connectivity index is 2.35. The van der Waals surface area contributed by atoms with Crippen molar-refractivity contribution in [2.24, 2.45) is 5.73 Å². The predicted octanol–water partition coefficient (Wildman–Crippen LogP) is 0.682. The van der Waals surface area contributed by atoms with Crippen LogP contribution in [0, 0.1) is 0 Å². The van der Waals surface area contributed by atoms with E-state index in [0.717, 1.165) is 31.0 Å². The van der Waals surface area contributed by atoms with Gasteiger partial charge in [-0.15, -0.1) is 0 Å². The highest BCUT2D eigenvalue weighted by atomic mass is 16.5. The molecule has 1 aromatic heterocycles. The highest BCUT2D eigenvalue weighted by molar-refractivity contribution is 5.26. The summed E-state index contributed by atoms with van der Waals surface area (Å²) in [5, 5.41) is 4.03. The summed E-state index contributed by atoms with van der Waals surface area (Å²) in [6.45, 7) is 3.89. The summed E-state index contributed by atoms with van der Waals surface area (Å²) >= 11 is 0. The molecule has 0 aliphatic carbocycles. The molecule has 0 aromatic carbocycles. The van der Waals surface area contributed by atoms with Crippen molar-refractivity contribution in [1.29, 1.82) is 0 Å². The maximum atomic E-state index is 5.78. The van der Waals surface area contributed by atoms with Crippen LogP contribution in [0.1, 0.15) is 30.0 Å². The molecule has 0 radical (unpaired) electrons. The standard InChI is InChI=1S/C9H15N3O/c1-6(10)9-7-5-12(2)4-3-8(7)11-13-9/h6H,3-5,10H2,1-2H3. The van der Waals surface area contributed by atoms with Crippen LogP contribution in [0.5, 0.6) is 0 Å². The third-order valence-corrected chi connectivity index (χ3v) is 2.47. The Labute approximate surface area is 77.7 Å². The first-order valence-electron chi connectivity index (χ1n) is 4.60. The monoisotopic (exact) mass is 181 g/mol. The van der Waals surface area contributed by atoms with Crippen molar-refractivity contribution < 1.29 is 4.52 Å². The minimum atomic E-state index is -0.0530. The summed E-state index contributed by atoms with van der Waals surface area (Å²) in [7, 11) is 2.10. The van der Waals surface area contributed by atoms with Crippen LogP contribution in [0.15, 0.2) is 4.52 Å². The molecule has 1 atom stereocenters. The Hall–Kier alpha value is -0.870. The van der Waals surface area contributed by atoms with Crippen LogP contribution < -0.4 is 5.73 Å². The maximum absolute atomic E-state index is 5.78. The molecule has 13 heavy (non-hydrogen) atoms. The smallest absolute Gasteiger partial charge is 0.157 e. The first-order valence-corrected chi connectivity index (χ1v) is 4.60. The van der Waals surface area contributed by atoms with E-state index in [1.165, 1.54) is 5.56 Å². The van der Waals surface area contributed by atoms with Gasteiger partial charge in [0.05, 0.1) is 11.7 Å². The van der Waals surface area contributed by atoms with E-state index in [1.807, 2.05) is 6.92 Å². The lowest BCUT2D eigenvalue weighted by atomic mass is 10.0. The van der Waals surface area contributed by atoms with Gasteiger partial charge in [-0.05, 0) is 14.0 Å². The summed E-state index contributed by atoms with van der Waals surface area (Å²) in [5.41, 5.74) is 8.06. The van der Waals surface area contributed by atoms with Crippen molar-refractivity contribution >= 4 is 0 Å². The number of nitrogens with zero attached hydrogens (tertiary/aromatic N) is 2. The quantitative estimate of drug-likeness (QED) is 0.692. The Morgan fingerprint density at radius 1 is 1.62 bits per heavy atom. The molecule has 0 saturated heterocycles. The van der Waals surface area contributed by atoms with Crippen LogP contribution in [0.25, 0.3) is 0 Å². The summed E-state index contributed by atoms with van der Waals surface area (Å²) in [5.74, 6) is 0.849. The Bertz CT molecular complexity index is 306. The predicted molar refractivity (Wildman–Crippen MR) is 49.1 cm³/mol. The van der Waals surface area contributed by atoms with Gasteiger partial charge >= 0.3 is 0 Å². The van der Waals surface area contributed by atoms with Gasteiger partial charge in [0.15, 0.2) is 5.76 Å². The van der Waals surface area contributed by atoms with E-state index in [9.17, 15) is 0 Å². The molecule has 0 saturated carbocycles. The molecular formula is C9H15N3O. The molecule has 0 fully saturated rings. The number of fused-ring (bicyclic) bond motifs is 1. The number of rotatable bonds is 1. The molecule has 72 valence electrons. The molecule has 0 bridgehead atoms. The van der Waals surface area contributed by atoms with Gasteiger partial charge in [-0.3, -0.25) is 0 Å². The molecule has 2 heterocycles. The molecule has 0 amide bonds. The zero-order valence-electron chi connectivity index (χ0n) is 8.08. The Kier molecular flexibility index (Phi) is 2.09. The zero-order valence-corrected chi connectivity index (χ0v) is 8.08. The lowest BCUT2D eigenvalue weighted by Crippen LogP contribution is -2.27. The van der Waals surface area contributed by atoms with E-state index in [-0.39, 0.29) is 6.04 Å². The highest BCUT2D eigenvalue weighted by Gasteiger charge is 2.23. The molecule has 0 spiro atoms. The fraction of sp³-hybridized carbons (Fsp3) is 0.667. The average molecular weight is 181 g/mol. The van der Waals surface area contributed by atoms with Gasteiger partial charge in [-0.25, -0.2) is 0 Å². The van der Waals surface area contributed by atoms with Gasteiger partial charge in [-0.1, -0.05) is 5.16 Å². The van der Waals surface area contributed by atoms with Crippen LogP contribution in [0.3, 0.4) is 0 Å².